The Hall–Kier alpha value is -3.28. The van der Waals surface area contributed by atoms with Gasteiger partial charge in [0.2, 0.25) is 0 Å². The molecule has 0 aliphatic carbocycles. The fraction of sp³-hybridized carbons (Fsp3) is 0.0588. The smallest absolute Gasteiger partial charge is 0.281 e. The van der Waals surface area contributed by atoms with Crippen LogP contribution in [0.1, 0.15) is 26.3 Å². The molecule has 0 fully saturated rings. The predicted octanol–water partition coefficient (Wildman–Crippen LogP) is 1.66. The number of amides is 3. The van der Waals surface area contributed by atoms with Crippen molar-refractivity contribution in [1.29, 1.82) is 0 Å². The number of para-hydroxylation sites is 1. The van der Waals surface area contributed by atoms with Crippen LogP contribution in [0.2, 0.25) is 0 Å². The number of hydrazine groups is 1. The van der Waals surface area contributed by atoms with Crippen LogP contribution < -0.4 is 5.01 Å². The molecule has 2 aliphatic rings. The number of aliphatic imine (C=N–C) groups is 1. The number of hydrogen-bond donors (Lipinski definition) is 0. The van der Waals surface area contributed by atoms with E-state index in [2.05, 4.69) is 4.99 Å². The summed E-state index contributed by atoms with van der Waals surface area (Å²) in [5.41, 5.74) is 1.74. The molecule has 0 unspecified atom stereocenters. The maximum absolute atomic E-state index is 12.6. The molecule has 0 saturated carbocycles. The van der Waals surface area contributed by atoms with Gasteiger partial charge >= 0.3 is 0 Å². The number of hydrogen-bond acceptors (Lipinski definition) is 4. The topological polar surface area (TPSA) is 70.1 Å². The number of carbonyl (C=O) groups is 3. The lowest BCUT2D eigenvalue weighted by atomic mass is 10.1. The van der Waals surface area contributed by atoms with Crippen LogP contribution in [-0.4, -0.2) is 35.5 Å². The molecule has 3 amide bonds. The molecule has 2 aromatic rings. The SMILES string of the molecule is O=C1c2ccccc2C(=O)N1N1C(=O)CN=Cc2ccccc21. The Morgan fingerprint density at radius 1 is 0.783 bits per heavy atom. The van der Waals surface area contributed by atoms with Crippen molar-refractivity contribution in [2.75, 3.05) is 11.6 Å². The van der Waals surface area contributed by atoms with Crippen LogP contribution in [0, 0.1) is 0 Å². The second-order valence-corrected chi connectivity index (χ2v) is 5.20. The summed E-state index contributed by atoms with van der Waals surface area (Å²) in [4.78, 5) is 41.8. The van der Waals surface area contributed by atoms with Gasteiger partial charge in [0.25, 0.3) is 17.7 Å². The number of anilines is 1. The Morgan fingerprint density at radius 2 is 1.39 bits per heavy atom. The maximum atomic E-state index is 12.6. The van der Waals surface area contributed by atoms with Crippen molar-refractivity contribution in [1.82, 2.24) is 5.01 Å². The quantitative estimate of drug-likeness (QED) is 0.752. The molecule has 0 saturated heterocycles. The largest absolute Gasteiger partial charge is 0.282 e. The fourth-order valence-electron chi connectivity index (χ4n) is 2.79. The van der Waals surface area contributed by atoms with E-state index >= 15 is 0 Å². The number of nitrogens with zero attached hydrogens (tertiary/aromatic N) is 3. The van der Waals surface area contributed by atoms with E-state index in [4.69, 9.17) is 0 Å². The molecule has 112 valence electrons. The molecule has 0 N–H and O–H groups in total. The fourth-order valence-corrected chi connectivity index (χ4v) is 2.79. The minimum Gasteiger partial charge on any atom is -0.282 e. The molecule has 2 aromatic carbocycles. The summed E-state index contributed by atoms with van der Waals surface area (Å²) in [6.07, 6.45) is 1.57. The summed E-state index contributed by atoms with van der Waals surface area (Å²) in [7, 11) is 0. The first-order valence-corrected chi connectivity index (χ1v) is 7.08. The average molecular weight is 305 g/mol. The second-order valence-electron chi connectivity index (χ2n) is 5.20. The van der Waals surface area contributed by atoms with Gasteiger partial charge < -0.3 is 0 Å². The third kappa shape index (κ3) is 1.88. The van der Waals surface area contributed by atoms with Crippen molar-refractivity contribution in [3.63, 3.8) is 0 Å². The highest BCUT2D eigenvalue weighted by Crippen LogP contribution is 2.30. The zero-order chi connectivity index (χ0) is 16.0. The maximum Gasteiger partial charge on any atom is 0.281 e. The number of benzodiazepines with no additional fused rings is 1. The van der Waals surface area contributed by atoms with Crippen LogP contribution in [-0.2, 0) is 4.79 Å². The highest BCUT2D eigenvalue weighted by Gasteiger charge is 2.42. The molecule has 0 atom stereocenters. The summed E-state index contributed by atoms with van der Waals surface area (Å²) in [5.74, 6) is -1.44. The third-order valence-electron chi connectivity index (χ3n) is 3.83. The molecule has 2 aliphatic heterocycles. The van der Waals surface area contributed by atoms with E-state index in [9.17, 15) is 14.4 Å². The molecular weight excluding hydrogens is 294 g/mol. The lowest BCUT2D eigenvalue weighted by Gasteiger charge is -2.29. The van der Waals surface area contributed by atoms with E-state index in [1.165, 1.54) is 0 Å². The van der Waals surface area contributed by atoms with Crippen LogP contribution in [0.25, 0.3) is 0 Å². The minimum absolute atomic E-state index is 0.123. The number of imide groups is 1. The molecular formula is C17H11N3O3. The molecule has 6 nitrogen and oxygen atoms in total. The molecule has 0 aromatic heterocycles. The number of benzene rings is 2. The highest BCUT2D eigenvalue weighted by atomic mass is 16.2. The van der Waals surface area contributed by atoms with E-state index in [1.807, 2.05) is 0 Å². The molecule has 23 heavy (non-hydrogen) atoms. The van der Waals surface area contributed by atoms with Crippen LogP contribution in [0.5, 0.6) is 0 Å². The Bertz CT molecular complexity index is 853. The van der Waals surface area contributed by atoms with Gasteiger partial charge in [-0.2, -0.15) is 5.01 Å². The number of carbonyl (C=O) groups excluding carboxylic acids is 3. The van der Waals surface area contributed by atoms with Gasteiger partial charge in [0.05, 0.1) is 16.8 Å². The van der Waals surface area contributed by atoms with Crippen molar-refractivity contribution in [2.45, 2.75) is 0 Å². The van der Waals surface area contributed by atoms with Gasteiger partial charge in [0.15, 0.2) is 0 Å². The van der Waals surface area contributed by atoms with Crippen LogP contribution >= 0.6 is 0 Å². The summed E-state index contributed by atoms with van der Waals surface area (Å²) in [5, 5.41) is 2.04. The molecule has 0 spiro atoms. The van der Waals surface area contributed by atoms with E-state index in [0.29, 0.717) is 22.4 Å². The summed E-state index contributed by atoms with van der Waals surface area (Å²) >= 11 is 0. The molecule has 6 heteroatoms. The van der Waals surface area contributed by atoms with Crippen molar-refractivity contribution in [3.8, 4) is 0 Å². The van der Waals surface area contributed by atoms with Crippen molar-refractivity contribution in [3.05, 3.63) is 65.2 Å². The van der Waals surface area contributed by atoms with Gasteiger partial charge in [0, 0.05) is 11.8 Å². The molecule has 4 rings (SSSR count). The lowest BCUT2D eigenvalue weighted by Crippen LogP contribution is -2.50. The van der Waals surface area contributed by atoms with E-state index in [-0.39, 0.29) is 6.54 Å². The first-order valence-electron chi connectivity index (χ1n) is 7.08. The highest BCUT2D eigenvalue weighted by molar-refractivity contribution is 6.24. The monoisotopic (exact) mass is 305 g/mol. The number of rotatable bonds is 1. The van der Waals surface area contributed by atoms with Crippen molar-refractivity contribution >= 4 is 29.6 Å². The zero-order valence-corrected chi connectivity index (χ0v) is 12.0. The normalized spacial score (nSPS) is 16.4. The van der Waals surface area contributed by atoms with E-state index < -0.39 is 17.7 Å². The van der Waals surface area contributed by atoms with Crippen molar-refractivity contribution in [2.24, 2.45) is 4.99 Å². The average Bonchev–Trinajstić information content (AvgIpc) is 2.72. The summed E-state index contributed by atoms with van der Waals surface area (Å²) < 4.78 is 0. The Kier molecular flexibility index (Phi) is 2.84. The Labute approximate surface area is 131 Å². The molecule has 2 heterocycles. The van der Waals surface area contributed by atoms with E-state index in [1.54, 1.807) is 54.7 Å². The van der Waals surface area contributed by atoms with Crippen molar-refractivity contribution < 1.29 is 14.4 Å². The van der Waals surface area contributed by atoms with Crippen LogP contribution in [0.15, 0.2) is 53.5 Å². The number of fused-ring (bicyclic) bond motifs is 2. The molecule has 0 bridgehead atoms. The minimum atomic E-state index is -0.504. The summed E-state index contributed by atoms with van der Waals surface area (Å²) in [6.45, 7) is -0.123. The lowest BCUT2D eigenvalue weighted by molar-refractivity contribution is -0.119. The van der Waals surface area contributed by atoms with Gasteiger partial charge in [-0.25, -0.2) is 5.01 Å². The standard InChI is InChI=1S/C17H11N3O3/c21-15-10-18-9-11-5-1-4-8-14(11)19(15)20-16(22)12-6-2-3-7-13(12)17(20)23/h1-9H,10H2. The van der Waals surface area contributed by atoms with Crippen LogP contribution in [0.3, 0.4) is 0 Å². The predicted molar refractivity (Wildman–Crippen MR) is 83.3 cm³/mol. The van der Waals surface area contributed by atoms with Gasteiger partial charge in [0.1, 0.15) is 6.54 Å². The first-order chi connectivity index (χ1) is 11.2. The van der Waals surface area contributed by atoms with Gasteiger partial charge in [-0.15, -0.1) is 0 Å². The van der Waals surface area contributed by atoms with Gasteiger partial charge in [-0.3, -0.25) is 19.4 Å². The Morgan fingerprint density at radius 3 is 2.09 bits per heavy atom. The van der Waals surface area contributed by atoms with E-state index in [0.717, 1.165) is 10.0 Å². The third-order valence-corrected chi connectivity index (χ3v) is 3.83. The Balaban J connectivity index is 1.87. The van der Waals surface area contributed by atoms with Gasteiger partial charge in [-0.05, 0) is 18.2 Å². The van der Waals surface area contributed by atoms with Gasteiger partial charge in [-0.1, -0.05) is 30.3 Å². The first kappa shape index (κ1) is 13.4. The van der Waals surface area contributed by atoms with Crippen LogP contribution in [0.4, 0.5) is 5.69 Å². The second kappa shape index (κ2) is 4.88. The molecule has 0 radical (unpaired) electrons. The summed E-state index contributed by atoms with van der Waals surface area (Å²) in [6, 6.07) is 13.6. The zero-order valence-electron chi connectivity index (χ0n) is 12.0.